The smallest absolute Gasteiger partial charge is 0.0951 e. The van der Waals surface area contributed by atoms with Gasteiger partial charge in [0.05, 0.1) is 17.9 Å². The molecule has 0 amide bonds. The predicted octanol–water partition coefficient (Wildman–Crippen LogP) is 2.67. The zero-order valence-electron chi connectivity index (χ0n) is 9.90. The second-order valence-corrected chi connectivity index (χ2v) is 4.90. The first kappa shape index (κ1) is 11.9. The van der Waals surface area contributed by atoms with Crippen molar-refractivity contribution >= 4 is 11.6 Å². The Kier molecular flexibility index (Phi) is 4.24. The van der Waals surface area contributed by atoms with Crippen molar-refractivity contribution in [3.63, 3.8) is 0 Å². The maximum Gasteiger partial charge on any atom is 0.0951 e. The molecule has 2 rings (SSSR count). The molecule has 0 bridgehead atoms. The number of alkyl halides is 1. The van der Waals surface area contributed by atoms with Crippen LogP contribution in [0.25, 0.3) is 0 Å². The molecule has 0 N–H and O–H groups in total. The molecule has 0 radical (unpaired) electrons. The number of imidazole rings is 1. The Labute approximate surface area is 102 Å². The molecule has 0 aliphatic carbocycles. The zero-order chi connectivity index (χ0) is 11.4. The number of nitrogens with zero attached hydrogens (tertiary/aromatic N) is 3. The lowest BCUT2D eigenvalue weighted by Gasteiger charge is -2.29. The van der Waals surface area contributed by atoms with E-state index in [1.165, 1.54) is 32.4 Å². The van der Waals surface area contributed by atoms with Crippen LogP contribution in [-0.4, -0.2) is 34.1 Å². The normalized spacial score (nSPS) is 19.9. The number of likely N-dealkylation sites (tertiary alicyclic amines) is 1. The highest BCUT2D eigenvalue weighted by Crippen LogP contribution is 2.16. The molecular weight excluding hydrogens is 222 g/mol. The highest BCUT2D eigenvalue weighted by atomic mass is 35.5. The van der Waals surface area contributed by atoms with E-state index >= 15 is 0 Å². The van der Waals surface area contributed by atoms with Crippen LogP contribution in [-0.2, 0) is 5.88 Å². The molecule has 90 valence electrons. The Morgan fingerprint density at radius 3 is 2.81 bits per heavy atom. The number of hydrogen-bond acceptors (Lipinski definition) is 2. The van der Waals surface area contributed by atoms with E-state index < -0.39 is 0 Å². The van der Waals surface area contributed by atoms with E-state index in [4.69, 9.17) is 11.6 Å². The van der Waals surface area contributed by atoms with Gasteiger partial charge < -0.3 is 9.47 Å². The van der Waals surface area contributed by atoms with E-state index in [9.17, 15) is 0 Å². The van der Waals surface area contributed by atoms with Gasteiger partial charge in [-0.25, -0.2) is 4.98 Å². The lowest BCUT2D eigenvalue weighted by atomic mass is 10.1. The Morgan fingerprint density at radius 1 is 1.38 bits per heavy atom. The summed E-state index contributed by atoms with van der Waals surface area (Å²) in [5.74, 6) is 0.546. The van der Waals surface area contributed by atoms with Crippen LogP contribution in [0.15, 0.2) is 12.5 Å². The second kappa shape index (κ2) is 5.69. The molecule has 1 aliphatic rings. The molecule has 0 spiro atoms. The summed E-state index contributed by atoms with van der Waals surface area (Å²) >= 11 is 5.89. The molecule has 3 nitrogen and oxygen atoms in total. The molecular formula is C12H20ClN3. The molecule has 4 heteroatoms. The minimum absolute atomic E-state index is 0.467. The van der Waals surface area contributed by atoms with Crippen molar-refractivity contribution in [2.45, 2.75) is 38.1 Å². The van der Waals surface area contributed by atoms with Crippen LogP contribution >= 0.6 is 11.6 Å². The lowest BCUT2D eigenvalue weighted by molar-refractivity contribution is 0.201. The Morgan fingerprint density at radius 2 is 2.12 bits per heavy atom. The van der Waals surface area contributed by atoms with Gasteiger partial charge in [0.1, 0.15) is 0 Å². The van der Waals surface area contributed by atoms with E-state index in [-0.39, 0.29) is 0 Å². The van der Waals surface area contributed by atoms with Crippen LogP contribution in [0.1, 0.15) is 37.9 Å². The third-order valence-corrected chi connectivity index (χ3v) is 3.60. The largest absolute Gasteiger partial charge is 0.329 e. The quantitative estimate of drug-likeness (QED) is 0.756. The lowest BCUT2D eigenvalue weighted by Crippen LogP contribution is -2.34. The standard InChI is InChI=1S/C12H20ClN3/c1-11(9-15-5-3-2-4-6-15)16-10-14-8-12(16)7-13/h8,10-11H,2-7,9H2,1H3. The molecule has 1 aromatic rings. The van der Waals surface area contributed by atoms with Crippen molar-refractivity contribution < 1.29 is 0 Å². The Hall–Kier alpha value is -0.540. The summed E-state index contributed by atoms with van der Waals surface area (Å²) in [4.78, 5) is 6.71. The van der Waals surface area contributed by atoms with Gasteiger partial charge >= 0.3 is 0 Å². The fourth-order valence-corrected chi connectivity index (χ4v) is 2.64. The molecule has 1 aliphatic heterocycles. The molecule has 2 heterocycles. The Bertz CT molecular complexity index is 318. The van der Waals surface area contributed by atoms with Crippen molar-refractivity contribution in [1.29, 1.82) is 0 Å². The maximum absolute atomic E-state index is 5.89. The summed E-state index contributed by atoms with van der Waals surface area (Å²) < 4.78 is 2.20. The van der Waals surface area contributed by atoms with Crippen LogP contribution in [0.4, 0.5) is 0 Å². The highest BCUT2D eigenvalue weighted by Gasteiger charge is 2.15. The van der Waals surface area contributed by atoms with Crippen molar-refractivity contribution in [1.82, 2.24) is 14.5 Å². The van der Waals surface area contributed by atoms with Gasteiger partial charge in [0, 0.05) is 18.8 Å². The molecule has 0 aromatic carbocycles. The summed E-state index contributed by atoms with van der Waals surface area (Å²) in [6.07, 6.45) is 7.84. The predicted molar refractivity (Wildman–Crippen MR) is 66.8 cm³/mol. The van der Waals surface area contributed by atoms with Crippen LogP contribution < -0.4 is 0 Å². The second-order valence-electron chi connectivity index (χ2n) is 4.64. The van der Waals surface area contributed by atoms with E-state index in [2.05, 4.69) is 21.4 Å². The minimum Gasteiger partial charge on any atom is -0.329 e. The van der Waals surface area contributed by atoms with Crippen molar-refractivity contribution in [2.75, 3.05) is 19.6 Å². The number of halogens is 1. The molecule has 0 saturated carbocycles. The van der Waals surface area contributed by atoms with Gasteiger partial charge in [0.15, 0.2) is 0 Å². The summed E-state index contributed by atoms with van der Waals surface area (Å²) in [6.45, 7) is 5.84. The fraction of sp³-hybridized carbons (Fsp3) is 0.750. The number of hydrogen-bond donors (Lipinski definition) is 0. The topological polar surface area (TPSA) is 21.1 Å². The van der Waals surface area contributed by atoms with Gasteiger partial charge in [-0.1, -0.05) is 6.42 Å². The molecule has 1 fully saturated rings. The summed E-state index contributed by atoms with van der Waals surface area (Å²) in [6, 6.07) is 0.467. The van der Waals surface area contributed by atoms with Gasteiger partial charge in [-0.2, -0.15) is 0 Å². The average molecular weight is 242 g/mol. The maximum atomic E-state index is 5.89. The summed E-state index contributed by atoms with van der Waals surface area (Å²) in [5, 5.41) is 0. The van der Waals surface area contributed by atoms with Gasteiger partial charge in [-0.15, -0.1) is 11.6 Å². The van der Waals surface area contributed by atoms with E-state index in [1.54, 1.807) is 0 Å². The molecule has 1 saturated heterocycles. The van der Waals surface area contributed by atoms with Gasteiger partial charge in [0.25, 0.3) is 0 Å². The summed E-state index contributed by atoms with van der Waals surface area (Å²) in [7, 11) is 0. The van der Waals surface area contributed by atoms with Crippen LogP contribution in [0.3, 0.4) is 0 Å². The van der Waals surface area contributed by atoms with Crippen molar-refractivity contribution in [3.05, 3.63) is 18.2 Å². The monoisotopic (exact) mass is 241 g/mol. The van der Waals surface area contributed by atoms with Gasteiger partial charge in [-0.05, 0) is 32.9 Å². The first-order chi connectivity index (χ1) is 7.81. The SMILES string of the molecule is CC(CN1CCCCC1)n1cncc1CCl. The molecule has 1 atom stereocenters. The van der Waals surface area contributed by atoms with E-state index in [1.807, 2.05) is 12.5 Å². The third-order valence-electron chi connectivity index (χ3n) is 3.33. The number of aromatic nitrogens is 2. The van der Waals surface area contributed by atoms with Crippen LogP contribution in [0.2, 0.25) is 0 Å². The number of piperidine rings is 1. The summed E-state index contributed by atoms with van der Waals surface area (Å²) in [5.41, 5.74) is 1.12. The molecule has 1 unspecified atom stereocenters. The third kappa shape index (κ3) is 2.77. The highest BCUT2D eigenvalue weighted by molar-refractivity contribution is 6.16. The zero-order valence-corrected chi connectivity index (χ0v) is 10.7. The minimum atomic E-state index is 0.467. The number of rotatable bonds is 4. The van der Waals surface area contributed by atoms with E-state index in [0.717, 1.165) is 12.2 Å². The van der Waals surface area contributed by atoms with Crippen molar-refractivity contribution in [3.8, 4) is 0 Å². The van der Waals surface area contributed by atoms with Crippen LogP contribution in [0.5, 0.6) is 0 Å². The average Bonchev–Trinajstić information content (AvgIpc) is 2.78. The fourth-order valence-electron chi connectivity index (χ4n) is 2.44. The Balaban J connectivity index is 1.93. The van der Waals surface area contributed by atoms with Crippen LogP contribution in [0, 0.1) is 0 Å². The van der Waals surface area contributed by atoms with E-state index in [0.29, 0.717) is 11.9 Å². The van der Waals surface area contributed by atoms with Crippen molar-refractivity contribution in [2.24, 2.45) is 0 Å². The van der Waals surface area contributed by atoms with Gasteiger partial charge in [0.2, 0.25) is 0 Å². The van der Waals surface area contributed by atoms with Gasteiger partial charge in [-0.3, -0.25) is 0 Å². The first-order valence-electron chi connectivity index (χ1n) is 6.10. The molecule has 1 aromatic heterocycles. The molecule has 16 heavy (non-hydrogen) atoms. The first-order valence-corrected chi connectivity index (χ1v) is 6.63.